The molecular formula is C10H10N2O4S2. The molecule has 1 heterocycles. The third kappa shape index (κ3) is 2.30. The average molecular weight is 286 g/mol. The Balaban J connectivity index is 2.54. The Kier molecular flexibility index (Phi) is 3.01. The fourth-order valence-corrected chi connectivity index (χ4v) is 3.19. The number of hydrogen-bond acceptors (Lipinski definition) is 4. The van der Waals surface area contributed by atoms with Crippen molar-refractivity contribution >= 4 is 20.0 Å². The molecule has 2 rings (SSSR count). The van der Waals surface area contributed by atoms with Crippen molar-refractivity contribution in [2.24, 2.45) is 5.14 Å². The predicted molar refractivity (Wildman–Crippen MR) is 64.8 cm³/mol. The smallest absolute Gasteiger partial charge is 0.248 e. The SMILES string of the molecule is NS(=O)(=O)c1ccn(S(=O)(=O)c2ccccc2)c1. The molecule has 0 amide bonds. The molecular weight excluding hydrogens is 276 g/mol. The van der Waals surface area contributed by atoms with Crippen LogP contribution in [0.1, 0.15) is 0 Å². The summed E-state index contributed by atoms with van der Waals surface area (Å²) in [5.41, 5.74) is 0. The highest BCUT2D eigenvalue weighted by atomic mass is 32.2. The molecule has 0 atom stereocenters. The first-order valence-electron chi connectivity index (χ1n) is 4.83. The van der Waals surface area contributed by atoms with Crippen LogP contribution in [0.5, 0.6) is 0 Å². The molecule has 0 aliphatic carbocycles. The normalized spacial score (nSPS) is 12.5. The molecule has 8 heteroatoms. The van der Waals surface area contributed by atoms with E-state index < -0.39 is 20.0 Å². The van der Waals surface area contributed by atoms with E-state index in [0.29, 0.717) is 0 Å². The number of nitrogens with two attached hydrogens (primary N) is 1. The zero-order valence-corrected chi connectivity index (χ0v) is 10.7. The summed E-state index contributed by atoms with van der Waals surface area (Å²) in [5.74, 6) is 0. The van der Waals surface area contributed by atoms with Crippen LogP contribution in [0, 0.1) is 0 Å². The van der Waals surface area contributed by atoms with Crippen LogP contribution in [0.4, 0.5) is 0 Å². The van der Waals surface area contributed by atoms with E-state index in [1.165, 1.54) is 12.1 Å². The lowest BCUT2D eigenvalue weighted by atomic mass is 10.4. The van der Waals surface area contributed by atoms with Gasteiger partial charge in [-0.2, -0.15) is 0 Å². The van der Waals surface area contributed by atoms with Crippen molar-refractivity contribution in [1.82, 2.24) is 3.97 Å². The highest BCUT2D eigenvalue weighted by Crippen LogP contribution is 2.16. The van der Waals surface area contributed by atoms with Crippen molar-refractivity contribution < 1.29 is 16.8 Å². The monoisotopic (exact) mass is 286 g/mol. The Morgan fingerprint density at radius 3 is 2.00 bits per heavy atom. The number of hydrogen-bond donors (Lipinski definition) is 1. The zero-order chi connectivity index (χ0) is 13.4. The lowest BCUT2D eigenvalue weighted by molar-refractivity contribution is 0.587. The summed E-state index contributed by atoms with van der Waals surface area (Å²) in [6.45, 7) is 0. The fraction of sp³-hybridized carbons (Fsp3) is 0. The summed E-state index contributed by atoms with van der Waals surface area (Å²) in [5, 5.41) is 4.92. The lowest BCUT2D eigenvalue weighted by Gasteiger charge is -2.04. The summed E-state index contributed by atoms with van der Waals surface area (Å²) in [7, 11) is -7.69. The minimum atomic E-state index is -3.91. The number of nitrogens with zero attached hydrogens (tertiary/aromatic N) is 1. The van der Waals surface area contributed by atoms with Crippen molar-refractivity contribution in [3.63, 3.8) is 0 Å². The van der Waals surface area contributed by atoms with E-state index in [2.05, 4.69) is 0 Å². The van der Waals surface area contributed by atoms with Gasteiger partial charge >= 0.3 is 0 Å². The van der Waals surface area contributed by atoms with E-state index >= 15 is 0 Å². The highest BCUT2D eigenvalue weighted by Gasteiger charge is 2.18. The number of sulfonamides is 1. The third-order valence-corrected chi connectivity index (χ3v) is 4.84. The van der Waals surface area contributed by atoms with E-state index in [0.717, 1.165) is 22.4 Å². The number of primary sulfonamides is 1. The number of rotatable bonds is 3. The molecule has 1 aromatic heterocycles. The van der Waals surface area contributed by atoms with Gasteiger partial charge in [0.25, 0.3) is 10.0 Å². The molecule has 6 nitrogen and oxygen atoms in total. The molecule has 0 unspecified atom stereocenters. The Labute approximate surface area is 105 Å². The fourth-order valence-electron chi connectivity index (χ4n) is 1.39. The summed E-state index contributed by atoms with van der Waals surface area (Å²) in [6.07, 6.45) is 2.11. The van der Waals surface area contributed by atoms with Crippen molar-refractivity contribution in [3.8, 4) is 0 Å². The molecule has 0 fully saturated rings. The molecule has 0 aliphatic heterocycles. The van der Waals surface area contributed by atoms with Gasteiger partial charge in [-0.25, -0.2) is 25.9 Å². The van der Waals surface area contributed by atoms with Gasteiger partial charge in [0.15, 0.2) is 0 Å². The first-order valence-corrected chi connectivity index (χ1v) is 7.82. The van der Waals surface area contributed by atoms with E-state index in [4.69, 9.17) is 5.14 Å². The molecule has 96 valence electrons. The second kappa shape index (κ2) is 4.23. The van der Waals surface area contributed by atoms with Crippen LogP contribution >= 0.6 is 0 Å². The summed E-state index contributed by atoms with van der Waals surface area (Å²) in [6, 6.07) is 8.83. The average Bonchev–Trinajstić information content (AvgIpc) is 2.79. The zero-order valence-electron chi connectivity index (χ0n) is 9.09. The summed E-state index contributed by atoms with van der Waals surface area (Å²) < 4.78 is 47.2. The van der Waals surface area contributed by atoms with Crippen LogP contribution in [0.2, 0.25) is 0 Å². The van der Waals surface area contributed by atoms with Crippen molar-refractivity contribution in [3.05, 3.63) is 48.8 Å². The highest BCUT2D eigenvalue weighted by molar-refractivity contribution is 7.90. The predicted octanol–water partition coefficient (Wildman–Crippen LogP) is 0.372. The van der Waals surface area contributed by atoms with Crippen LogP contribution in [-0.4, -0.2) is 20.8 Å². The standard InChI is InChI=1S/C10H10N2O4S2/c11-17(13,14)10-6-7-12(8-10)18(15,16)9-4-2-1-3-5-9/h1-8H,(H2,11,13,14). The molecule has 0 aliphatic rings. The van der Waals surface area contributed by atoms with Gasteiger partial charge in [0.05, 0.1) is 4.90 Å². The van der Waals surface area contributed by atoms with Gasteiger partial charge in [-0.05, 0) is 18.2 Å². The van der Waals surface area contributed by atoms with E-state index in [1.807, 2.05) is 0 Å². The molecule has 18 heavy (non-hydrogen) atoms. The topological polar surface area (TPSA) is 99.2 Å². The second-order valence-electron chi connectivity index (χ2n) is 3.54. The molecule has 1 aromatic carbocycles. The first kappa shape index (κ1) is 12.8. The van der Waals surface area contributed by atoms with Gasteiger partial charge in [-0.3, -0.25) is 0 Å². The first-order chi connectivity index (χ1) is 8.32. The maximum atomic E-state index is 12.1. The van der Waals surface area contributed by atoms with Crippen molar-refractivity contribution in [2.45, 2.75) is 9.79 Å². The Bertz CT molecular complexity index is 761. The lowest BCUT2D eigenvalue weighted by Crippen LogP contribution is -2.13. The van der Waals surface area contributed by atoms with Crippen LogP contribution < -0.4 is 5.14 Å². The van der Waals surface area contributed by atoms with Crippen molar-refractivity contribution in [2.75, 3.05) is 0 Å². The van der Waals surface area contributed by atoms with E-state index in [-0.39, 0.29) is 9.79 Å². The molecule has 0 saturated heterocycles. The van der Waals surface area contributed by atoms with Crippen LogP contribution in [-0.2, 0) is 20.0 Å². The number of benzene rings is 1. The molecule has 0 bridgehead atoms. The van der Waals surface area contributed by atoms with Crippen LogP contribution in [0.25, 0.3) is 0 Å². The molecule has 0 spiro atoms. The minimum Gasteiger partial charge on any atom is -0.248 e. The summed E-state index contributed by atoms with van der Waals surface area (Å²) in [4.78, 5) is -0.177. The quantitative estimate of drug-likeness (QED) is 0.881. The Hall–Kier alpha value is -1.64. The third-order valence-electron chi connectivity index (χ3n) is 2.29. The van der Waals surface area contributed by atoms with Gasteiger partial charge in [0.2, 0.25) is 10.0 Å². The molecule has 0 saturated carbocycles. The second-order valence-corrected chi connectivity index (χ2v) is 6.94. The number of aromatic nitrogens is 1. The molecule has 2 N–H and O–H groups in total. The van der Waals surface area contributed by atoms with E-state index in [9.17, 15) is 16.8 Å². The summed E-state index contributed by atoms with van der Waals surface area (Å²) >= 11 is 0. The maximum Gasteiger partial charge on any atom is 0.267 e. The van der Waals surface area contributed by atoms with Gasteiger partial charge in [0.1, 0.15) is 4.90 Å². The molecule has 0 radical (unpaired) electrons. The van der Waals surface area contributed by atoms with Gasteiger partial charge in [0, 0.05) is 12.4 Å². The van der Waals surface area contributed by atoms with Gasteiger partial charge in [-0.15, -0.1) is 0 Å². The Morgan fingerprint density at radius 1 is 0.889 bits per heavy atom. The molecule has 2 aromatic rings. The van der Waals surface area contributed by atoms with Gasteiger partial charge in [-0.1, -0.05) is 18.2 Å². The van der Waals surface area contributed by atoms with Crippen molar-refractivity contribution in [1.29, 1.82) is 0 Å². The maximum absolute atomic E-state index is 12.1. The van der Waals surface area contributed by atoms with E-state index in [1.54, 1.807) is 18.2 Å². The largest absolute Gasteiger partial charge is 0.267 e. The van der Waals surface area contributed by atoms with Crippen LogP contribution in [0.3, 0.4) is 0 Å². The van der Waals surface area contributed by atoms with Crippen LogP contribution in [0.15, 0.2) is 58.6 Å². The minimum absolute atomic E-state index is 0.0709. The van der Waals surface area contributed by atoms with Gasteiger partial charge < -0.3 is 0 Å². The Morgan fingerprint density at radius 2 is 1.50 bits per heavy atom.